The SMILES string of the molecule is CC(C)c1ccccc1Nc1nc(N2CCN(c3ccccc3C#N)CC2)nc2ccccc12. The maximum absolute atomic E-state index is 9.47. The summed E-state index contributed by atoms with van der Waals surface area (Å²) in [7, 11) is 0. The summed E-state index contributed by atoms with van der Waals surface area (Å²) in [4.78, 5) is 14.4. The standard InChI is InChI=1S/C28H28N6/c1-20(2)22-10-4-6-12-24(22)30-27-23-11-5-7-13-25(23)31-28(32-27)34-17-15-33(16-18-34)26-14-8-3-9-21(26)19-29/h3-14,20H,15-18H2,1-2H3,(H,30,31,32). The molecule has 2 heterocycles. The van der Waals surface area contributed by atoms with E-state index in [1.807, 2.05) is 42.5 Å². The molecule has 3 aromatic carbocycles. The molecule has 6 nitrogen and oxygen atoms in total. The molecule has 5 rings (SSSR count). The number of rotatable bonds is 5. The third-order valence-corrected chi connectivity index (χ3v) is 6.35. The first-order valence-electron chi connectivity index (χ1n) is 11.8. The summed E-state index contributed by atoms with van der Waals surface area (Å²) in [6.45, 7) is 7.61. The van der Waals surface area contributed by atoms with Crippen molar-refractivity contribution < 1.29 is 0 Å². The van der Waals surface area contributed by atoms with Crippen LogP contribution in [-0.2, 0) is 0 Å². The van der Waals surface area contributed by atoms with Crippen LogP contribution in [0.25, 0.3) is 10.9 Å². The summed E-state index contributed by atoms with van der Waals surface area (Å²) < 4.78 is 0. The zero-order valence-corrected chi connectivity index (χ0v) is 19.6. The minimum absolute atomic E-state index is 0.403. The van der Waals surface area contributed by atoms with Gasteiger partial charge in [-0.3, -0.25) is 0 Å². The van der Waals surface area contributed by atoms with Gasteiger partial charge in [0.15, 0.2) is 0 Å². The minimum atomic E-state index is 0.403. The number of aromatic nitrogens is 2. The Labute approximate surface area is 200 Å². The quantitative estimate of drug-likeness (QED) is 0.423. The van der Waals surface area contributed by atoms with Crippen molar-refractivity contribution in [2.75, 3.05) is 41.3 Å². The lowest BCUT2D eigenvalue weighted by Gasteiger charge is -2.36. The predicted molar refractivity (Wildman–Crippen MR) is 139 cm³/mol. The van der Waals surface area contributed by atoms with Crippen LogP contribution in [-0.4, -0.2) is 36.1 Å². The third kappa shape index (κ3) is 4.25. The van der Waals surface area contributed by atoms with Crippen LogP contribution in [0, 0.1) is 11.3 Å². The van der Waals surface area contributed by atoms with Crippen LogP contribution < -0.4 is 15.1 Å². The average molecular weight is 449 g/mol. The van der Waals surface area contributed by atoms with Crippen LogP contribution in [0.1, 0.15) is 30.9 Å². The lowest BCUT2D eigenvalue weighted by molar-refractivity contribution is 0.641. The topological polar surface area (TPSA) is 68.1 Å². The molecule has 1 fully saturated rings. The number of nitriles is 1. The van der Waals surface area contributed by atoms with Crippen molar-refractivity contribution in [1.82, 2.24) is 9.97 Å². The van der Waals surface area contributed by atoms with Gasteiger partial charge in [-0.2, -0.15) is 10.2 Å². The number of benzene rings is 3. The van der Waals surface area contributed by atoms with Crippen LogP contribution >= 0.6 is 0 Å². The third-order valence-electron chi connectivity index (χ3n) is 6.35. The second-order valence-electron chi connectivity index (χ2n) is 8.86. The maximum atomic E-state index is 9.47. The molecule has 4 aromatic rings. The van der Waals surface area contributed by atoms with E-state index in [0.717, 1.165) is 60.2 Å². The van der Waals surface area contributed by atoms with Gasteiger partial charge in [0.25, 0.3) is 0 Å². The van der Waals surface area contributed by atoms with Crippen LogP contribution in [0.15, 0.2) is 72.8 Å². The number of hydrogen-bond acceptors (Lipinski definition) is 6. The summed E-state index contributed by atoms with van der Waals surface area (Å²) in [6.07, 6.45) is 0. The number of piperazine rings is 1. The number of fused-ring (bicyclic) bond motifs is 1. The van der Waals surface area contributed by atoms with E-state index in [-0.39, 0.29) is 0 Å². The molecule has 0 unspecified atom stereocenters. The minimum Gasteiger partial charge on any atom is -0.367 e. The molecule has 0 spiro atoms. The first-order valence-corrected chi connectivity index (χ1v) is 11.8. The van der Waals surface area contributed by atoms with Gasteiger partial charge in [-0.05, 0) is 41.8 Å². The molecular formula is C28H28N6. The van der Waals surface area contributed by atoms with Gasteiger partial charge in [-0.25, -0.2) is 4.98 Å². The molecule has 0 bridgehead atoms. The summed E-state index contributed by atoms with van der Waals surface area (Å²) in [5.41, 5.74) is 4.97. The fourth-order valence-corrected chi connectivity index (χ4v) is 4.53. The number of nitrogens with one attached hydrogen (secondary N) is 1. The van der Waals surface area contributed by atoms with E-state index in [1.54, 1.807) is 0 Å². The lowest BCUT2D eigenvalue weighted by Crippen LogP contribution is -2.47. The zero-order valence-electron chi connectivity index (χ0n) is 19.6. The molecule has 0 amide bonds. The van der Waals surface area contributed by atoms with Crippen molar-refractivity contribution in [3.63, 3.8) is 0 Å². The Kier molecular flexibility index (Phi) is 6.01. The van der Waals surface area contributed by atoms with E-state index in [2.05, 4.69) is 65.4 Å². The zero-order chi connectivity index (χ0) is 23.5. The second-order valence-corrected chi connectivity index (χ2v) is 8.86. The molecule has 1 aromatic heterocycles. The first-order chi connectivity index (χ1) is 16.6. The van der Waals surface area contributed by atoms with Crippen molar-refractivity contribution in [2.45, 2.75) is 19.8 Å². The van der Waals surface area contributed by atoms with E-state index in [1.165, 1.54) is 5.56 Å². The van der Waals surface area contributed by atoms with Gasteiger partial charge in [0.1, 0.15) is 11.9 Å². The Morgan fingerprint density at radius 2 is 1.50 bits per heavy atom. The Bertz CT molecular complexity index is 1350. The first kappa shape index (κ1) is 21.7. The Balaban J connectivity index is 1.44. The number of nitrogens with zero attached hydrogens (tertiary/aromatic N) is 5. The highest BCUT2D eigenvalue weighted by Crippen LogP contribution is 2.31. The van der Waals surface area contributed by atoms with Gasteiger partial charge in [0.2, 0.25) is 5.95 Å². The second kappa shape index (κ2) is 9.40. The summed E-state index contributed by atoms with van der Waals surface area (Å²) in [5.74, 6) is 1.96. The van der Waals surface area contributed by atoms with Crippen molar-refractivity contribution in [2.24, 2.45) is 0 Å². The smallest absolute Gasteiger partial charge is 0.228 e. The van der Waals surface area contributed by atoms with E-state index < -0.39 is 0 Å². The monoisotopic (exact) mass is 448 g/mol. The molecule has 0 radical (unpaired) electrons. The highest BCUT2D eigenvalue weighted by molar-refractivity contribution is 5.92. The van der Waals surface area contributed by atoms with Crippen LogP contribution in [0.5, 0.6) is 0 Å². The van der Waals surface area contributed by atoms with Gasteiger partial charge in [-0.1, -0.05) is 56.3 Å². The van der Waals surface area contributed by atoms with E-state index in [9.17, 15) is 5.26 Å². The van der Waals surface area contributed by atoms with Crippen molar-refractivity contribution in [1.29, 1.82) is 5.26 Å². The van der Waals surface area contributed by atoms with E-state index in [4.69, 9.17) is 9.97 Å². The molecule has 170 valence electrons. The van der Waals surface area contributed by atoms with Crippen molar-refractivity contribution >= 4 is 34.0 Å². The van der Waals surface area contributed by atoms with Crippen LogP contribution in [0.3, 0.4) is 0 Å². The maximum Gasteiger partial charge on any atom is 0.228 e. The summed E-state index contributed by atoms with van der Waals surface area (Å²) in [5, 5.41) is 14.1. The molecule has 1 aliphatic heterocycles. The molecule has 34 heavy (non-hydrogen) atoms. The predicted octanol–water partition coefficient (Wildman–Crippen LogP) is 5.70. The molecular weight excluding hydrogens is 420 g/mol. The number of para-hydroxylation sites is 3. The van der Waals surface area contributed by atoms with Crippen molar-refractivity contribution in [3.05, 3.63) is 83.9 Å². The van der Waals surface area contributed by atoms with E-state index >= 15 is 0 Å². The lowest BCUT2D eigenvalue weighted by atomic mass is 10.0. The number of hydrogen-bond donors (Lipinski definition) is 1. The summed E-state index contributed by atoms with van der Waals surface area (Å²) in [6, 6.07) is 26.7. The highest BCUT2D eigenvalue weighted by Gasteiger charge is 2.22. The highest BCUT2D eigenvalue weighted by atomic mass is 15.3. The molecule has 6 heteroatoms. The Morgan fingerprint density at radius 3 is 2.29 bits per heavy atom. The fourth-order valence-electron chi connectivity index (χ4n) is 4.53. The molecule has 0 aliphatic carbocycles. The number of anilines is 4. The molecule has 1 N–H and O–H groups in total. The Morgan fingerprint density at radius 1 is 0.824 bits per heavy atom. The van der Waals surface area contributed by atoms with Gasteiger partial charge < -0.3 is 15.1 Å². The fraction of sp³-hybridized carbons (Fsp3) is 0.250. The van der Waals surface area contributed by atoms with Crippen LogP contribution in [0.2, 0.25) is 0 Å². The normalized spacial score (nSPS) is 13.8. The Hall–Kier alpha value is -4.11. The van der Waals surface area contributed by atoms with E-state index in [0.29, 0.717) is 11.5 Å². The van der Waals surface area contributed by atoms with Gasteiger partial charge in [-0.15, -0.1) is 0 Å². The summed E-state index contributed by atoms with van der Waals surface area (Å²) >= 11 is 0. The van der Waals surface area contributed by atoms with Crippen LogP contribution in [0.4, 0.5) is 23.1 Å². The largest absolute Gasteiger partial charge is 0.367 e. The van der Waals surface area contributed by atoms with Crippen molar-refractivity contribution in [3.8, 4) is 6.07 Å². The van der Waals surface area contributed by atoms with Gasteiger partial charge >= 0.3 is 0 Å². The van der Waals surface area contributed by atoms with Gasteiger partial charge in [0, 0.05) is 37.3 Å². The van der Waals surface area contributed by atoms with Gasteiger partial charge in [0.05, 0.1) is 16.8 Å². The molecule has 0 atom stereocenters. The molecule has 0 saturated carbocycles. The molecule has 1 saturated heterocycles. The molecule has 1 aliphatic rings. The average Bonchev–Trinajstić information content (AvgIpc) is 2.89.